The lowest BCUT2D eigenvalue weighted by molar-refractivity contribution is -0.136. The molecule has 0 saturated carbocycles. The number of ether oxygens (including phenoxy) is 1. The van der Waals surface area contributed by atoms with Crippen molar-refractivity contribution in [3.63, 3.8) is 0 Å². The molecule has 2 aromatic carbocycles. The lowest BCUT2D eigenvalue weighted by Gasteiger charge is -2.07. The van der Waals surface area contributed by atoms with Crippen LogP contribution in [0.4, 0.5) is 18.9 Å². The van der Waals surface area contributed by atoms with Crippen LogP contribution in [0.25, 0.3) is 10.9 Å². The third-order valence-corrected chi connectivity index (χ3v) is 3.75. The molecule has 27 heavy (non-hydrogen) atoms. The van der Waals surface area contributed by atoms with Gasteiger partial charge in [0.25, 0.3) is 0 Å². The molecule has 1 aromatic heterocycles. The highest BCUT2D eigenvalue weighted by Gasteiger charge is 2.17. The van der Waals surface area contributed by atoms with E-state index in [1.807, 2.05) is 0 Å². The fraction of sp³-hybridized carbons (Fsp3) is 0.111. The molecule has 0 unspecified atom stereocenters. The third kappa shape index (κ3) is 4.20. The predicted octanol–water partition coefficient (Wildman–Crippen LogP) is 3.01. The molecule has 0 radical (unpaired) electrons. The molecule has 0 spiro atoms. The van der Waals surface area contributed by atoms with Gasteiger partial charge in [0.1, 0.15) is 5.75 Å². The normalized spacial score (nSPS) is 10.6. The van der Waals surface area contributed by atoms with Crippen molar-refractivity contribution in [3.05, 3.63) is 59.8 Å². The Labute approximate surface area is 151 Å². The molecule has 6 nitrogen and oxygen atoms in total. The molecule has 2 amide bonds. The molecule has 0 atom stereocenters. The minimum atomic E-state index is -1.07. The van der Waals surface area contributed by atoms with Gasteiger partial charge < -0.3 is 20.4 Å². The van der Waals surface area contributed by atoms with Gasteiger partial charge in [0, 0.05) is 24.2 Å². The van der Waals surface area contributed by atoms with E-state index in [0.29, 0.717) is 11.3 Å². The van der Waals surface area contributed by atoms with Gasteiger partial charge in [-0.2, -0.15) is 0 Å². The summed E-state index contributed by atoms with van der Waals surface area (Å²) in [7, 11) is 0. The summed E-state index contributed by atoms with van der Waals surface area (Å²) in [6.07, 6.45) is 1.33. The fourth-order valence-electron chi connectivity index (χ4n) is 2.47. The number of alkyl halides is 1. The van der Waals surface area contributed by atoms with Gasteiger partial charge >= 0.3 is 11.8 Å². The fourth-order valence-corrected chi connectivity index (χ4v) is 2.47. The summed E-state index contributed by atoms with van der Waals surface area (Å²) in [5, 5.41) is 4.97. The van der Waals surface area contributed by atoms with E-state index in [1.54, 1.807) is 18.2 Å². The average Bonchev–Trinajstić information content (AvgIpc) is 3.02. The van der Waals surface area contributed by atoms with Crippen LogP contribution in [0.3, 0.4) is 0 Å². The first-order chi connectivity index (χ1) is 13.0. The van der Waals surface area contributed by atoms with Crippen LogP contribution in [-0.2, 0) is 16.1 Å². The maximum absolute atomic E-state index is 13.4. The lowest BCUT2D eigenvalue weighted by atomic mass is 10.2. The highest BCUT2D eigenvalue weighted by atomic mass is 19.2. The Morgan fingerprint density at radius 3 is 2.63 bits per heavy atom. The monoisotopic (exact) mass is 377 g/mol. The topological polar surface area (TPSA) is 83.2 Å². The number of carbonyl (C=O) groups excluding carboxylic acids is 2. The first-order valence-electron chi connectivity index (χ1n) is 7.81. The van der Waals surface area contributed by atoms with Gasteiger partial charge in [0.05, 0.1) is 11.2 Å². The summed E-state index contributed by atoms with van der Waals surface area (Å²) < 4.78 is 43.5. The SMILES string of the molecule is O=C(NCc1cccc(OCF)c1)C(=O)Nc1c[nH]c2cc(F)c(F)cc12. The Morgan fingerprint density at radius 2 is 1.85 bits per heavy atom. The number of anilines is 1. The zero-order valence-corrected chi connectivity index (χ0v) is 13.8. The zero-order valence-electron chi connectivity index (χ0n) is 13.8. The van der Waals surface area contributed by atoms with Crippen molar-refractivity contribution >= 4 is 28.4 Å². The van der Waals surface area contributed by atoms with E-state index < -0.39 is 30.3 Å². The van der Waals surface area contributed by atoms with Gasteiger partial charge in [-0.05, 0) is 23.8 Å². The van der Waals surface area contributed by atoms with Crippen LogP contribution in [0.5, 0.6) is 5.75 Å². The second-order valence-corrected chi connectivity index (χ2v) is 5.55. The molecule has 3 N–H and O–H groups in total. The van der Waals surface area contributed by atoms with Gasteiger partial charge in [-0.3, -0.25) is 9.59 Å². The summed E-state index contributed by atoms with van der Waals surface area (Å²) in [6.45, 7) is -0.962. The highest BCUT2D eigenvalue weighted by Crippen LogP contribution is 2.25. The van der Waals surface area contributed by atoms with E-state index >= 15 is 0 Å². The van der Waals surface area contributed by atoms with Crippen LogP contribution >= 0.6 is 0 Å². The largest absolute Gasteiger partial charge is 0.463 e. The molecule has 9 heteroatoms. The van der Waals surface area contributed by atoms with Gasteiger partial charge in [0.15, 0.2) is 11.6 Å². The van der Waals surface area contributed by atoms with Crippen LogP contribution < -0.4 is 15.4 Å². The van der Waals surface area contributed by atoms with Crippen LogP contribution in [0, 0.1) is 11.6 Å². The van der Waals surface area contributed by atoms with E-state index in [2.05, 4.69) is 15.6 Å². The lowest BCUT2D eigenvalue weighted by Crippen LogP contribution is -2.34. The average molecular weight is 377 g/mol. The standard InChI is InChI=1S/C18H14F3N3O3/c19-9-27-11-3-1-2-10(4-11)7-23-17(25)18(26)24-16-8-22-15-6-14(21)13(20)5-12(15)16/h1-6,8,22H,7,9H2,(H,23,25)(H,24,26). The molecule has 0 saturated heterocycles. The summed E-state index contributed by atoms with van der Waals surface area (Å²) in [4.78, 5) is 26.6. The number of amides is 2. The molecule has 3 aromatic rings. The number of aromatic nitrogens is 1. The highest BCUT2D eigenvalue weighted by molar-refractivity contribution is 6.40. The number of aromatic amines is 1. The van der Waals surface area contributed by atoms with E-state index in [4.69, 9.17) is 4.74 Å². The minimum absolute atomic E-state index is 0.0173. The number of benzene rings is 2. The van der Waals surface area contributed by atoms with E-state index in [9.17, 15) is 22.8 Å². The maximum Gasteiger partial charge on any atom is 0.313 e. The van der Waals surface area contributed by atoms with Gasteiger partial charge in [-0.15, -0.1) is 0 Å². The van der Waals surface area contributed by atoms with Crippen molar-refractivity contribution in [1.29, 1.82) is 0 Å². The Hall–Kier alpha value is -3.49. The van der Waals surface area contributed by atoms with Crippen LogP contribution in [-0.4, -0.2) is 23.7 Å². The molecule has 0 aliphatic heterocycles. The molecule has 0 aliphatic carbocycles. The van der Waals surface area contributed by atoms with Crippen molar-refractivity contribution in [2.45, 2.75) is 6.54 Å². The minimum Gasteiger partial charge on any atom is -0.463 e. The van der Waals surface area contributed by atoms with Gasteiger partial charge in [-0.25, -0.2) is 13.2 Å². The third-order valence-electron chi connectivity index (χ3n) is 3.75. The number of fused-ring (bicyclic) bond motifs is 1. The second kappa shape index (κ2) is 7.81. The number of rotatable bonds is 5. The smallest absolute Gasteiger partial charge is 0.313 e. The van der Waals surface area contributed by atoms with Crippen molar-refractivity contribution < 1.29 is 27.5 Å². The number of halogens is 3. The van der Waals surface area contributed by atoms with Gasteiger partial charge in [-0.1, -0.05) is 12.1 Å². The quantitative estimate of drug-likeness (QED) is 0.598. The number of hydrogen-bond acceptors (Lipinski definition) is 3. The Morgan fingerprint density at radius 1 is 1.07 bits per heavy atom. The zero-order chi connectivity index (χ0) is 19.4. The van der Waals surface area contributed by atoms with Crippen LogP contribution in [0.15, 0.2) is 42.6 Å². The maximum atomic E-state index is 13.4. The summed E-state index contributed by atoms with van der Waals surface area (Å²) in [5.41, 5.74) is 1.02. The first-order valence-corrected chi connectivity index (χ1v) is 7.81. The molecule has 0 bridgehead atoms. The number of H-pyrrole nitrogens is 1. The molecule has 0 fully saturated rings. The Balaban J connectivity index is 1.64. The van der Waals surface area contributed by atoms with Crippen molar-refractivity contribution in [2.75, 3.05) is 12.2 Å². The van der Waals surface area contributed by atoms with Crippen molar-refractivity contribution in [1.82, 2.24) is 10.3 Å². The molecule has 1 heterocycles. The predicted molar refractivity (Wildman–Crippen MR) is 91.7 cm³/mol. The van der Waals surface area contributed by atoms with Crippen molar-refractivity contribution in [3.8, 4) is 5.75 Å². The first kappa shape index (κ1) is 18.3. The van der Waals surface area contributed by atoms with E-state index in [0.717, 1.165) is 12.1 Å². The Kier molecular flexibility index (Phi) is 5.30. The summed E-state index contributed by atoms with van der Waals surface area (Å²) >= 11 is 0. The molecular formula is C18H14F3N3O3. The number of nitrogens with one attached hydrogen (secondary N) is 3. The van der Waals surface area contributed by atoms with E-state index in [1.165, 1.54) is 12.3 Å². The van der Waals surface area contributed by atoms with Crippen molar-refractivity contribution in [2.24, 2.45) is 0 Å². The number of carbonyl (C=O) groups is 2. The molecule has 140 valence electrons. The summed E-state index contributed by atoms with van der Waals surface area (Å²) in [5.74, 6) is -3.71. The molecular weight excluding hydrogens is 363 g/mol. The van der Waals surface area contributed by atoms with E-state index in [-0.39, 0.29) is 23.1 Å². The van der Waals surface area contributed by atoms with Crippen LogP contribution in [0.2, 0.25) is 0 Å². The number of hydrogen-bond donors (Lipinski definition) is 3. The van der Waals surface area contributed by atoms with Crippen LogP contribution in [0.1, 0.15) is 5.56 Å². The van der Waals surface area contributed by atoms with Gasteiger partial charge in [0.2, 0.25) is 6.86 Å². The molecule has 0 aliphatic rings. The molecule has 3 rings (SSSR count). The second-order valence-electron chi connectivity index (χ2n) is 5.55. The Bertz CT molecular complexity index is 1000. The summed E-state index contributed by atoms with van der Waals surface area (Å²) in [6, 6.07) is 8.23.